The van der Waals surface area contributed by atoms with E-state index in [1.54, 1.807) is 19.6 Å². The summed E-state index contributed by atoms with van der Waals surface area (Å²) in [6.07, 6.45) is 5.22. The quantitative estimate of drug-likeness (QED) is 0.499. The molecular formula is C19H23N9O. The molecule has 0 aliphatic carbocycles. The Bertz CT molecular complexity index is 1140. The van der Waals surface area contributed by atoms with Gasteiger partial charge < -0.3 is 19.1 Å². The number of ether oxygens (including phenoxy) is 1. The van der Waals surface area contributed by atoms with Gasteiger partial charge in [0, 0.05) is 57.7 Å². The van der Waals surface area contributed by atoms with Crippen molar-refractivity contribution in [3.63, 3.8) is 0 Å². The number of aryl methyl sites for hydroxylation is 1. The van der Waals surface area contributed by atoms with Crippen LogP contribution in [0.25, 0.3) is 16.8 Å². The van der Waals surface area contributed by atoms with Crippen molar-refractivity contribution in [2.75, 3.05) is 49.7 Å². The number of anilines is 2. The highest BCUT2D eigenvalue weighted by Gasteiger charge is 2.23. The van der Waals surface area contributed by atoms with Gasteiger partial charge in [-0.25, -0.2) is 19.9 Å². The van der Waals surface area contributed by atoms with Gasteiger partial charge in [0.1, 0.15) is 12.1 Å². The number of methoxy groups -OCH3 is 1. The first kappa shape index (κ1) is 17.8. The van der Waals surface area contributed by atoms with Crippen molar-refractivity contribution in [3.8, 4) is 0 Å². The maximum Gasteiger partial charge on any atom is 0.165 e. The minimum absolute atomic E-state index is 0.622. The molecular weight excluding hydrogens is 370 g/mol. The van der Waals surface area contributed by atoms with E-state index in [4.69, 9.17) is 4.74 Å². The van der Waals surface area contributed by atoms with Crippen LogP contribution in [0.4, 0.5) is 11.6 Å². The number of aromatic nitrogens is 7. The summed E-state index contributed by atoms with van der Waals surface area (Å²) >= 11 is 0. The van der Waals surface area contributed by atoms with Crippen LogP contribution in [-0.4, -0.2) is 74.0 Å². The Morgan fingerprint density at radius 1 is 1.07 bits per heavy atom. The average molecular weight is 393 g/mol. The van der Waals surface area contributed by atoms with Gasteiger partial charge in [-0.2, -0.15) is 9.61 Å². The average Bonchev–Trinajstić information content (AvgIpc) is 3.38. The number of hydrogen-bond donors (Lipinski definition) is 0. The summed E-state index contributed by atoms with van der Waals surface area (Å²) in [5.74, 6) is 1.97. The van der Waals surface area contributed by atoms with Gasteiger partial charge in [-0.05, 0) is 6.92 Å². The van der Waals surface area contributed by atoms with E-state index in [9.17, 15) is 0 Å². The van der Waals surface area contributed by atoms with Crippen molar-refractivity contribution in [1.29, 1.82) is 0 Å². The lowest BCUT2D eigenvalue weighted by Gasteiger charge is -2.36. The molecule has 5 rings (SSSR count). The Labute approximate surface area is 167 Å². The minimum atomic E-state index is 0.622. The van der Waals surface area contributed by atoms with E-state index in [1.807, 2.05) is 28.4 Å². The molecule has 4 aromatic heterocycles. The molecule has 10 nitrogen and oxygen atoms in total. The Kier molecular flexibility index (Phi) is 4.47. The topological polar surface area (TPSA) is 89.5 Å². The predicted octanol–water partition coefficient (Wildman–Crippen LogP) is 1.15. The molecule has 0 atom stereocenters. The van der Waals surface area contributed by atoms with Crippen LogP contribution in [0.3, 0.4) is 0 Å². The third kappa shape index (κ3) is 3.15. The van der Waals surface area contributed by atoms with Crippen molar-refractivity contribution >= 4 is 28.4 Å². The number of imidazole rings is 1. The third-order valence-electron chi connectivity index (χ3n) is 5.29. The van der Waals surface area contributed by atoms with Crippen LogP contribution >= 0.6 is 0 Å². The van der Waals surface area contributed by atoms with E-state index in [-0.39, 0.29) is 0 Å². The molecule has 4 aromatic rings. The molecule has 0 saturated carbocycles. The Morgan fingerprint density at radius 3 is 2.72 bits per heavy atom. The van der Waals surface area contributed by atoms with Crippen LogP contribution in [0, 0.1) is 6.92 Å². The molecule has 0 radical (unpaired) electrons. The van der Waals surface area contributed by atoms with E-state index in [2.05, 4.69) is 40.9 Å². The Morgan fingerprint density at radius 2 is 1.90 bits per heavy atom. The molecule has 29 heavy (non-hydrogen) atoms. The van der Waals surface area contributed by atoms with Crippen LogP contribution in [0.2, 0.25) is 0 Å². The molecule has 5 heterocycles. The first-order valence-corrected chi connectivity index (χ1v) is 9.70. The zero-order chi connectivity index (χ0) is 19.8. The fourth-order valence-corrected chi connectivity index (χ4v) is 3.84. The lowest BCUT2D eigenvalue weighted by molar-refractivity contribution is 0.188. The molecule has 1 aliphatic heterocycles. The second-order valence-corrected chi connectivity index (χ2v) is 7.13. The molecule has 0 amide bonds. The largest absolute Gasteiger partial charge is 0.383 e. The molecule has 1 fully saturated rings. The van der Waals surface area contributed by atoms with Gasteiger partial charge >= 0.3 is 0 Å². The van der Waals surface area contributed by atoms with Gasteiger partial charge in [0.15, 0.2) is 22.6 Å². The summed E-state index contributed by atoms with van der Waals surface area (Å²) in [6.45, 7) is 6.80. The summed E-state index contributed by atoms with van der Waals surface area (Å²) in [4.78, 5) is 22.7. The molecule has 10 heteroatoms. The van der Waals surface area contributed by atoms with E-state index in [0.29, 0.717) is 6.61 Å². The number of hydrogen-bond acceptors (Lipinski definition) is 8. The molecule has 0 bridgehead atoms. The highest BCUT2D eigenvalue weighted by Crippen LogP contribution is 2.25. The zero-order valence-corrected chi connectivity index (χ0v) is 16.6. The SMILES string of the molecule is COCCn1cnc2c(N3CCN(c4cc(C)nc5ccnn45)CC3)ncnc21. The van der Waals surface area contributed by atoms with Crippen LogP contribution < -0.4 is 9.80 Å². The summed E-state index contributed by atoms with van der Waals surface area (Å²) in [6, 6.07) is 4.03. The van der Waals surface area contributed by atoms with Crippen LogP contribution in [-0.2, 0) is 11.3 Å². The van der Waals surface area contributed by atoms with Crippen molar-refractivity contribution in [2.45, 2.75) is 13.5 Å². The van der Waals surface area contributed by atoms with Gasteiger partial charge in [-0.3, -0.25) is 0 Å². The molecule has 0 spiro atoms. The molecule has 1 aliphatic rings. The summed E-state index contributed by atoms with van der Waals surface area (Å²) in [7, 11) is 1.69. The van der Waals surface area contributed by atoms with Gasteiger partial charge in [-0.1, -0.05) is 0 Å². The Balaban J connectivity index is 1.38. The second kappa shape index (κ2) is 7.28. The van der Waals surface area contributed by atoms with Gasteiger partial charge in [0.2, 0.25) is 0 Å². The van der Waals surface area contributed by atoms with Crippen LogP contribution in [0.15, 0.2) is 31.0 Å². The monoisotopic (exact) mass is 393 g/mol. The standard InChI is InChI=1S/C19H23N9O/c1-14-11-16(28-15(24-14)3-4-23-28)25-5-7-26(8-6-25)18-17-19(21-12-20-18)27(13-22-17)9-10-29-2/h3-4,11-13H,5-10H2,1-2H3. The predicted molar refractivity (Wildman–Crippen MR) is 109 cm³/mol. The van der Waals surface area contributed by atoms with Gasteiger partial charge in [-0.15, -0.1) is 0 Å². The number of piperazine rings is 1. The highest BCUT2D eigenvalue weighted by atomic mass is 16.5. The zero-order valence-electron chi connectivity index (χ0n) is 16.6. The minimum Gasteiger partial charge on any atom is -0.383 e. The van der Waals surface area contributed by atoms with E-state index in [0.717, 1.165) is 66.9 Å². The molecule has 0 unspecified atom stereocenters. The van der Waals surface area contributed by atoms with Crippen molar-refractivity contribution in [1.82, 2.24) is 34.1 Å². The third-order valence-corrected chi connectivity index (χ3v) is 5.29. The van der Waals surface area contributed by atoms with E-state index in [1.165, 1.54) is 0 Å². The van der Waals surface area contributed by atoms with E-state index >= 15 is 0 Å². The maximum absolute atomic E-state index is 5.18. The molecule has 0 N–H and O–H groups in total. The van der Waals surface area contributed by atoms with E-state index < -0.39 is 0 Å². The number of fused-ring (bicyclic) bond motifs is 2. The molecule has 1 saturated heterocycles. The lowest BCUT2D eigenvalue weighted by Crippen LogP contribution is -2.47. The van der Waals surface area contributed by atoms with Crippen molar-refractivity contribution < 1.29 is 4.74 Å². The smallest absolute Gasteiger partial charge is 0.165 e. The fourth-order valence-electron chi connectivity index (χ4n) is 3.84. The van der Waals surface area contributed by atoms with Crippen LogP contribution in [0.5, 0.6) is 0 Å². The summed E-state index contributed by atoms with van der Waals surface area (Å²) in [5.41, 5.74) is 3.56. The van der Waals surface area contributed by atoms with Gasteiger partial charge in [0.25, 0.3) is 0 Å². The Hall–Kier alpha value is -3.27. The fraction of sp³-hybridized carbons (Fsp3) is 0.421. The summed E-state index contributed by atoms with van der Waals surface area (Å²) in [5, 5.41) is 4.44. The lowest BCUT2D eigenvalue weighted by atomic mass is 10.3. The number of rotatable bonds is 5. The first-order valence-electron chi connectivity index (χ1n) is 9.70. The molecule has 150 valence electrons. The van der Waals surface area contributed by atoms with Crippen LogP contribution in [0.1, 0.15) is 5.69 Å². The number of nitrogens with zero attached hydrogens (tertiary/aromatic N) is 9. The normalized spacial score (nSPS) is 15.0. The maximum atomic E-state index is 5.18. The summed E-state index contributed by atoms with van der Waals surface area (Å²) < 4.78 is 9.09. The van der Waals surface area contributed by atoms with Crippen molar-refractivity contribution in [2.24, 2.45) is 0 Å². The van der Waals surface area contributed by atoms with Crippen molar-refractivity contribution in [3.05, 3.63) is 36.7 Å². The van der Waals surface area contributed by atoms with Gasteiger partial charge in [0.05, 0.1) is 19.1 Å². The molecule has 0 aromatic carbocycles. The second-order valence-electron chi connectivity index (χ2n) is 7.13. The highest BCUT2D eigenvalue weighted by molar-refractivity contribution is 5.83. The first-order chi connectivity index (χ1) is 14.2.